The van der Waals surface area contributed by atoms with Crippen LogP contribution in [-0.2, 0) is 0 Å². The fraction of sp³-hybridized carbons (Fsp3) is 0.0204. The van der Waals surface area contributed by atoms with Crippen molar-refractivity contribution in [3.05, 3.63) is 243 Å². The summed E-state index contributed by atoms with van der Waals surface area (Å²) < 4.78 is 0. The van der Waals surface area contributed by atoms with Gasteiger partial charge >= 0.3 is 0 Å². The molecule has 0 spiro atoms. The van der Waals surface area contributed by atoms with Gasteiger partial charge in [-0.2, -0.15) is 0 Å². The lowest BCUT2D eigenvalue weighted by atomic mass is 10.4. The molecule has 0 bridgehead atoms. The van der Waals surface area contributed by atoms with E-state index in [0.717, 1.165) is 0 Å². The fourth-order valence-corrected chi connectivity index (χ4v) is 196. The quantitative estimate of drug-likeness (QED) is 0.184. The second kappa shape index (κ2) is 14.2. The molecule has 0 radical (unpaired) electrons. The van der Waals surface area contributed by atoms with Crippen molar-refractivity contribution in [2.75, 3.05) is 0 Å². The summed E-state index contributed by atoms with van der Waals surface area (Å²) in [4.78, 5) is 0. The first-order chi connectivity index (χ1) is 26.7. The third kappa shape index (κ3) is 4.63. The van der Waals surface area contributed by atoms with Gasteiger partial charge in [0.05, 0.1) is 0 Å². The molecule has 1 fully saturated rings. The van der Waals surface area contributed by atoms with Crippen LogP contribution in [0.15, 0.2) is 243 Å². The normalized spacial score (nSPS) is 16.8. The summed E-state index contributed by atoms with van der Waals surface area (Å²) in [6.07, 6.45) is 0. The third-order valence-electron chi connectivity index (χ3n) is 12.8. The molecule has 0 nitrogen and oxygen atoms in total. The van der Waals surface area contributed by atoms with E-state index in [1.54, 1.807) is 41.5 Å². The van der Waals surface area contributed by atoms with Crippen molar-refractivity contribution in [3.8, 4) is 0 Å². The average Bonchev–Trinajstić information content (AvgIpc) is 3.47. The Bertz CT molecular complexity index is 2100. The van der Waals surface area contributed by atoms with Crippen LogP contribution in [0.3, 0.4) is 0 Å². The van der Waals surface area contributed by atoms with Crippen LogP contribution in [0.2, 0.25) is 6.55 Å². The summed E-state index contributed by atoms with van der Waals surface area (Å²) in [6.45, 7) is 2.90. The molecule has 9 rings (SSSR count). The van der Waals surface area contributed by atoms with Gasteiger partial charge in [-0.25, -0.2) is 0 Å². The lowest BCUT2D eigenvalue weighted by Gasteiger charge is -2.56. The highest BCUT2D eigenvalue weighted by Gasteiger charge is 2.87. The average molecular weight is 773 g/mol. The van der Waals surface area contributed by atoms with Crippen molar-refractivity contribution >= 4 is 77.8 Å². The van der Waals surface area contributed by atoms with Crippen molar-refractivity contribution in [3.63, 3.8) is 0 Å². The summed E-state index contributed by atoms with van der Waals surface area (Å²) in [7, 11) is -13.8. The van der Waals surface area contributed by atoms with E-state index in [0.29, 0.717) is 0 Å². The molecule has 0 aliphatic carbocycles. The number of rotatable bonds is 8. The molecule has 0 aromatic heterocycles. The molecule has 54 heavy (non-hydrogen) atoms. The van der Waals surface area contributed by atoms with Crippen molar-refractivity contribution < 1.29 is 0 Å². The molecule has 1 aliphatic heterocycles. The van der Waals surface area contributed by atoms with E-state index in [9.17, 15) is 0 Å². The molecule has 260 valence electrons. The lowest BCUT2D eigenvalue weighted by Crippen LogP contribution is -3.00. The fourth-order valence-electron chi connectivity index (χ4n) is 11.4. The highest BCUT2D eigenvalue weighted by molar-refractivity contribution is 8.22. The Labute approximate surface area is 325 Å². The highest BCUT2D eigenvalue weighted by Crippen LogP contribution is 2.45. The standard InChI is InChI=1S/C49H44Si5/c1-50-51(42-26-10-2-11-27-42,43-28-12-3-13-29-43)53(46-34-18-6-19-35-46,47-36-20-7-21-37-47)54(48-38-22-8-23-39-48,49-40-24-9-25-41-49)52(50,44-30-14-4-15-31-44)45-32-16-5-17-33-45/h2-41,50H,1H3. The van der Waals surface area contributed by atoms with Crippen LogP contribution in [0, 0.1) is 0 Å². The van der Waals surface area contributed by atoms with Gasteiger partial charge < -0.3 is 0 Å². The van der Waals surface area contributed by atoms with Gasteiger partial charge in [0.1, 0.15) is 28.4 Å². The van der Waals surface area contributed by atoms with Gasteiger partial charge in [-0.15, -0.1) is 0 Å². The lowest BCUT2D eigenvalue weighted by molar-refractivity contribution is 1.70. The van der Waals surface area contributed by atoms with Gasteiger partial charge in [-0.3, -0.25) is 0 Å². The van der Waals surface area contributed by atoms with E-state index in [-0.39, 0.29) is 0 Å². The van der Waals surface area contributed by atoms with Gasteiger partial charge in [0.25, 0.3) is 0 Å². The van der Waals surface area contributed by atoms with Gasteiger partial charge in [0, 0.05) is 7.83 Å². The predicted molar refractivity (Wildman–Crippen MR) is 245 cm³/mol. The Morgan fingerprint density at radius 3 is 0.537 bits per heavy atom. The first kappa shape index (κ1) is 34.6. The first-order valence-corrected chi connectivity index (χ1v) is 35.0. The molecule has 0 amide bonds. The largest absolute Gasteiger partial charge is 0.120 e. The van der Waals surface area contributed by atoms with Crippen LogP contribution in [-0.4, -0.2) is 36.3 Å². The predicted octanol–water partition coefficient (Wildman–Crippen LogP) is 5.30. The zero-order valence-corrected chi connectivity index (χ0v) is 35.8. The van der Waals surface area contributed by atoms with E-state index < -0.39 is 36.3 Å². The minimum atomic E-state index is -3.07. The molecule has 0 unspecified atom stereocenters. The summed E-state index contributed by atoms with van der Waals surface area (Å²) in [5.41, 5.74) is 0. The van der Waals surface area contributed by atoms with Gasteiger partial charge in [0.15, 0.2) is 0 Å². The third-order valence-corrected chi connectivity index (χ3v) is 111. The molecule has 1 heterocycles. The summed E-state index contributed by atoms with van der Waals surface area (Å²) >= 11 is 0. The van der Waals surface area contributed by atoms with Crippen LogP contribution in [0.1, 0.15) is 0 Å². The molecule has 8 aromatic rings. The van der Waals surface area contributed by atoms with E-state index in [1.165, 1.54) is 0 Å². The zero-order chi connectivity index (χ0) is 36.5. The van der Waals surface area contributed by atoms with Gasteiger partial charge in [-0.1, -0.05) is 291 Å². The number of hydrogen-bond donors (Lipinski definition) is 0. The van der Waals surface area contributed by atoms with Crippen LogP contribution in [0.25, 0.3) is 0 Å². The minimum Gasteiger partial charge on any atom is -0.0748 e. The van der Waals surface area contributed by atoms with Gasteiger partial charge in [0.2, 0.25) is 0 Å². The molecular weight excluding hydrogens is 729 g/mol. The molecule has 1 saturated heterocycles. The maximum absolute atomic E-state index is 3.07. The molecule has 8 aromatic carbocycles. The van der Waals surface area contributed by atoms with Crippen molar-refractivity contribution in [1.82, 2.24) is 0 Å². The molecule has 0 atom stereocenters. The number of hydrogen-bond acceptors (Lipinski definition) is 0. The molecule has 1 aliphatic rings. The SMILES string of the molecule is C[SiH]1[Si](c2ccccc2)(c2ccccc2)[Si](c2ccccc2)(c2ccccc2)[Si](c2ccccc2)(c2ccccc2)[Si]1(c1ccccc1)c1ccccc1. The summed E-state index contributed by atoms with van der Waals surface area (Å²) in [5.74, 6) is 0. The van der Waals surface area contributed by atoms with Crippen LogP contribution in [0.5, 0.6) is 0 Å². The zero-order valence-electron chi connectivity index (χ0n) is 30.7. The Morgan fingerprint density at radius 2 is 0.370 bits per heavy atom. The second-order valence-corrected chi connectivity index (χ2v) is 59.4. The molecule has 0 saturated carbocycles. The van der Waals surface area contributed by atoms with E-state index in [1.807, 2.05) is 0 Å². The molecule has 5 heteroatoms. The van der Waals surface area contributed by atoms with Crippen molar-refractivity contribution in [1.29, 1.82) is 0 Å². The molecule has 0 N–H and O–H groups in total. The minimum absolute atomic E-state index is 1.61. The first-order valence-electron chi connectivity index (χ1n) is 19.2. The summed E-state index contributed by atoms with van der Waals surface area (Å²) in [6, 6.07) is 96.9. The maximum Gasteiger partial charge on any atom is 0.120 e. The molecular formula is C49H44Si5. The smallest absolute Gasteiger partial charge is 0.0748 e. The Kier molecular flexibility index (Phi) is 9.13. The maximum atomic E-state index is 2.90. The Balaban J connectivity index is 1.72. The number of benzene rings is 8. The summed E-state index contributed by atoms with van der Waals surface area (Å²) in [5, 5.41) is 12.9. The second-order valence-electron chi connectivity index (χ2n) is 14.8. The van der Waals surface area contributed by atoms with Crippen LogP contribution >= 0.6 is 0 Å². The Hall–Kier alpha value is -5.16. The van der Waals surface area contributed by atoms with Crippen LogP contribution < -0.4 is 41.5 Å². The van der Waals surface area contributed by atoms with E-state index in [4.69, 9.17) is 0 Å². The van der Waals surface area contributed by atoms with E-state index in [2.05, 4.69) is 249 Å². The van der Waals surface area contributed by atoms with Gasteiger partial charge in [-0.05, 0) is 0 Å². The van der Waals surface area contributed by atoms with Crippen molar-refractivity contribution in [2.24, 2.45) is 0 Å². The van der Waals surface area contributed by atoms with Crippen LogP contribution in [0.4, 0.5) is 0 Å². The Morgan fingerprint density at radius 1 is 0.222 bits per heavy atom. The van der Waals surface area contributed by atoms with Crippen molar-refractivity contribution in [2.45, 2.75) is 6.55 Å². The highest BCUT2D eigenvalue weighted by atomic mass is 30.2. The van der Waals surface area contributed by atoms with E-state index >= 15 is 0 Å². The topological polar surface area (TPSA) is 0 Å². The monoisotopic (exact) mass is 772 g/mol.